The smallest absolute Gasteiger partial charge is 0.271 e. The van der Waals surface area contributed by atoms with Crippen LogP contribution in [0.15, 0.2) is 23.4 Å². The molecule has 0 atom stereocenters. The number of nitrogens with one attached hydrogen (secondary N) is 1. The lowest BCUT2D eigenvalue weighted by molar-refractivity contribution is -0.384. The molecule has 0 unspecified atom stereocenters. The van der Waals surface area contributed by atoms with Gasteiger partial charge < -0.3 is 9.82 Å². The highest BCUT2D eigenvalue weighted by molar-refractivity contribution is 5.87. The molecule has 7 heteroatoms. The van der Waals surface area contributed by atoms with Crippen LogP contribution in [0.1, 0.15) is 12.2 Å². The Balaban J connectivity index is 1.92. The average molecular weight is 246 g/mol. The summed E-state index contributed by atoms with van der Waals surface area (Å²) in [6, 6.07) is 4.57. The number of oxime groups is 1. The van der Waals surface area contributed by atoms with Crippen molar-refractivity contribution in [3.8, 4) is 0 Å². The number of nitro groups is 1. The molecule has 0 saturated heterocycles. The van der Waals surface area contributed by atoms with Crippen molar-refractivity contribution in [2.45, 2.75) is 12.8 Å². The lowest BCUT2D eigenvalue weighted by atomic mass is 10.2. The maximum atomic E-state index is 10.7. The van der Waals surface area contributed by atoms with Gasteiger partial charge in [-0.25, -0.2) is 4.98 Å². The van der Waals surface area contributed by atoms with E-state index in [-0.39, 0.29) is 5.69 Å². The maximum absolute atomic E-state index is 10.7. The highest BCUT2D eigenvalue weighted by Gasteiger charge is 2.13. The lowest BCUT2D eigenvalue weighted by Gasteiger charge is -1.91. The van der Waals surface area contributed by atoms with Crippen molar-refractivity contribution >= 4 is 22.4 Å². The lowest BCUT2D eigenvalue weighted by Crippen LogP contribution is -2.01. The first-order valence-electron chi connectivity index (χ1n) is 5.53. The van der Waals surface area contributed by atoms with Crippen LogP contribution in [0.2, 0.25) is 0 Å². The van der Waals surface area contributed by atoms with Crippen LogP contribution in [-0.2, 0) is 11.3 Å². The Morgan fingerprint density at radius 1 is 1.50 bits per heavy atom. The number of aromatic nitrogens is 2. The third-order valence-corrected chi connectivity index (χ3v) is 2.77. The summed E-state index contributed by atoms with van der Waals surface area (Å²) >= 11 is 0. The molecule has 1 aliphatic rings. The van der Waals surface area contributed by atoms with E-state index in [0.29, 0.717) is 18.5 Å². The maximum Gasteiger partial charge on any atom is 0.271 e. The molecule has 1 aromatic heterocycles. The molecule has 0 amide bonds. The number of nitrogens with zero attached hydrogens (tertiary/aromatic N) is 3. The van der Waals surface area contributed by atoms with Crippen LogP contribution in [-0.4, -0.2) is 27.2 Å². The molecule has 2 aromatic rings. The second kappa shape index (κ2) is 4.10. The van der Waals surface area contributed by atoms with Crippen LogP contribution in [0.3, 0.4) is 0 Å². The fourth-order valence-electron chi connectivity index (χ4n) is 1.91. The average Bonchev–Trinajstić information content (AvgIpc) is 2.96. The van der Waals surface area contributed by atoms with Gasteiger partial charge in [0.05, 0.1) is 21.7 Å². The summed E-state index contributed by atoms with van der Waals surface area (Å²) in [6.45, 7) is 0.612. The van der Waals surface area contributed by atoms with Crippen molar-refractivity contribution in [3.63, 3.8) is 0 Å². The normalized spacial score (nSPS) is 14.6. The molecule has 18 heavy (non-hydrogen) atoms. The van der Waals surface area contributed by atoms with Crippen molar-refractivity contribution in [1.82, 2.24) is 9.97 Å². The van der Waals surface area contributed by atoms with E-state index in [1.807, 2.05) is 0 Å². The third kappa shape index (κ3) is 1.90. The fourth-order valence-corrected chi connectivity index (χ4v) is 1.91. The fraction of sp³-hybridized carbons (Fsp3) is 0.273. The molecular weight excluding hydrogens is 236 g/mol. The van der Waals surface area contributed by atoms with Crippen LogP contribution >= 0.6 is 0 Å². The van der Waals surface area contributed by atoms with Crippen molar-refractivity contribution in [2.75, 3.05) is 6.61 Å². The van der Waals surface area contributed by atoms with Gasteiger partial charge >= 0.3 is 0 Å². The molecule has 0 aliphatic carbocycles. The van der Waals surface area contributed by atoms with Gasteiger partial charge in [-0.15, -0.1) is 0 Å². The van der Waals surface area contributed by atoms with Crippen LogP contribution in [0.4, 0.5) is 5.69 Å². The number of non-ortho nitro benzene ring substituents is 1. The van der Waals surface area contributed by atoms with Crippen molar-refractivity contribution in [3.05, 3.63) is 34.1 Å². The molecule has 0 bridgehead atoms. The zero-order chi connectivity index (χ0) is 12.5. The van der Waals surface area contributed by atoms with Crippen LogP contribution in [0.5, 0.6) is 0 Å². The molecule has 3 rings (SSSR count). The minimum atomic E-state index is -0.422. The van der Waals surface area contributed by atoms with Crippen LogP contribution in [0.25, 0.3) is 11.0 Å². The summed E-state index contributed by atoms with van der Waals surface area (Å²) in [7, 11) is 0. The summed E-state index contributed by atoms with van der Waals surface area (Å²) in [5.74, 6) is 0.745. The number of hydrogen-bond donors (Lipinski definition) is 1. The number of imidazole rings is 1. The van der Waals surface area contributed by atoms with Crippen molar-refractivity contribution < 1.29 is 9.76 Å². The molecule has 1 N–H and O–H groups in total. The summed E-state index contributed by atoms with van der Waals surface area (Å²) in [6.07, 6.45) is 1.39. The Morgan fingerprint density at radius 3 is 3.11 bits per heavy atom. The number of H-pyrrole nitrogens is 1. The zero-order valence-corrected chi connectivity index (χ0v) is 9.42. The molecule has 92 valence electrons. The molecule has 7 nitrogen and oxygen atoms in total. The van der Waals surface area contributed by atoms with E-state index in [4.69, 9.17) is 4.84 Å². The van der Waals surface area contributed by atoms with Gasteiger partial charge in [-0.3, -0.25) is 10.1 Å². The third-order valence-electron chi connectivity index (χ3n) is 2.77. The predicted molar refractivity (Wildman–Crippen MR) is 64.5 cm³/mol. The van der Waals surface area contributed by atoms with Gasteiger partial charge in [-0.1, -0.05) is 5.16 Å². The second-order valence-corrected chi connectivity index (χ2v) is 4.06. The van der Waals surface area contributed by atoms with E-state index in [1.165, 1.54) is 12.1 Å². The molecular formula is C11H10N4O3. The van der Waals surface area contributed by atoms with Gasteiger partial charge in [0.1, 0.15) is 12.4 Å². The summed E-state index contributed by atoms with van der Waals surface area (Å²) in [5.41, 5.74) is 2.37. The highest BCUT2D eigenvalue weighted by Crippen LogP contribution is 2.19. The summed E-state index contributed by atoms with van der Waals surface area (Å²) in [5, 5.41) is 14.6. The quantitative estimate of drug-likeness (QED) is 0.659. The van der Waals surface area contributed by atoms with E-state index in [1.54, 1.807) is 6.07 Å². The largest absolute Gasteiger partial charge is 0.395 e. The van der Waals surface area contributed by atoms with Crippen LogP contribution < -0.4 is 0 Å². The van der Waals surface area contributed by atoms with Gasteiger partial charge in [-0.2, -0.15) is 0 Å². The first kappa shape index (κ1) is 10.7. The van der Waals surface area contributed by atoms with Gasteiger partial charge in [0, 0.05) is 25.0 Å². The second-order valence-electron chi connectivity index (χ2n) is 4.06. The van der Waals surface area contributed by atoms with Gasteiger partial charge in [0.2, 0.25) is 0 Å². The molecule has 0 fully saturated rings. The van der Waals surface area contributed by atoms with Crippen molar-refractivity contribution in [1.29, 1.82) is 0 Å². The number of aromatic amines is 1. The Labute approximate surface area is 102 Å². The number of hydrogen-bond acceptors (Lipinski definition) is 5. The van der Waals surface area contributed by atoms with Crippen molar-refractivity contribution in [2.24, 2.45) is 5.16 Å². The van der Waals surface area contributed by atoms with E-state index in [0.717, 1.165) is 23.5 Å². The molecule has 2 heterocycles. The standard InChI is InChI=1S/C11H10N4O3/c16-15(17)8-1-2-9-10(6-8)13-11(12-9)5-7-3-4-18-14-7/h1-2,6H,3-5H2,(H,12,13). The first-order chi connectivity index (χ1) is 8.72. The molecule has 0 radical (unpaired) electrons. The summed E-state index contributed by atoms with van der Waals surface area (Å²) in [4.78, 5) is 22.6. The highest BCUT2D eigenvalue weighted by atomic mass is 16.6. The molecule has 0 saturated carbocycles. The number of nitro benzene ring substituents is 1. The Hall–Kier alpha value is -2.44. The van der Waals surface area contributed by atoms with E-state index in [9.17, 15) is 10.1 Å². The Kier molecular flexibility index (Phi) is 2.44. The minimum Gasteiger partial charge on any atom is -0.395 e. The van der Waals surface area contributed by atoms with Crippen LogP contribution in [0, 0.1) is 10.1 Å². The minimum absolute atomic E-state index is 0.0549. The predicted octanol–water partition coefficient (Wildman–Crippen LogP) is 1.79. The topological polar surface area (TPSA) is 93.4 Å². The number of rotatable bonds is 3. The van der Waals surface area contributed by atoms with E-state index >= 15 is 0 Å². The zero-order valence-electron chi connectivity index (χ0n) is 9.42. The Bertz CT molecular complexity index is 647. The molecule has 0 spiro atoms. The SMILES string of the molecule is O=[N+]([O-])c1ccc2nc(CC3=NOCC3)[nH]c2c1. The summed E-state index contributed by atoms with van der Waals surface area (Å²) < 4.78 is 0. The van der Waals surface area contributed by atoms with Gasteiger partial charge in [0.25, 0.3) is 5.69 Å². The van der Waals surface area contributed by atoms with Gasteiger partial charge in [-0.05, 0) is 6.07 Å². The Morgan fingerprint density at radius 2 is 2.39 bits per heavy atom. The number of fused-ring (bicyclic) bond motifs is 1. The molecule has 1 aromatic carbocycles. The number of benzene rings is 1. The van der Waals surface area contributed by atoms with E-state index < -0.39 is 4.92 Å². The monoisotopic (exact) mass is 246 g/mol. The van der Waals surface area contributed by atoms with E-state index in [2.05, 4.69) is 15.1 Å². The van der Waals surface area contributed by atoms with Gasteiger partial charge in [0.15, 0.2) is 0 Å². The molecule has 1 aliphatic heterocycles. The first-order valence-corrected chi connectivity index (χ1v) is 5.53.